The van der Waals surface area contributed by atoms with Crippen LogP contribution >= 0.6 is 0 Å². The summed E-state index contributed by atoms with van der Waals surface area (Å²) in [6, 6.07) is 13.0. The Morgan fingerprint density at radius 3 is 2.04 bits per heavy atom. The third kappa shape index (κ3) is 3.96. The van der Waals surface area contributed by atoms with Crippen molar-refractivity contribution >= 4 is 29.2 Å². The fourth-order valence-corrected chi connectivity index (χ4v) is 2.06. The summed E-state index contributed by atoms with van der Waals surface area (Å²) in [5, 5.41) is 5.21. The molecule has 0 aliphatic carbocycles. The van der Waals surface area contributed by atoms with Gasteiger partial charge in [-0.1, -0.05) is 24.3 Å². The van der Waals surface area contributed by atoms with E-state index in [1.807, 2.05) is 0 Å². The highest BCUT2D eigenvalue weighted by Gasteiger charge is 2.16. The van der Waals surface area contributed by atoms with E-state index < -0.39 is 17.8 Å². The van der Waals surface area contributed by atoms with E-state index in [0.717, 1.165) is 0 Å². The molecule has 0 unspecified atom stereocenters. The molecule has 0 spiro atoms. The van der Waals surface area contributed by atoms with E-state index in [1.165, 1.54) is 7.11 Å². The standard InChI is InChI=1S/C17H17N3O4/c1-24-17(23)12-7-3-5-9-14(12)20-16(22)11-6-2-4-8-13(11)19-15(21)10-18/h2-9H,10,18H2,1H3,(H,19,21)(H,20,22). The number of para-hydroxylation sites is 2. The highest BCUT2D eigenvalue weighted by Crippen LogP contribution is 2.20. The normalized spacial score (nSPS) is 9.92. The van der Waals surface area contributed by atoms with Crippen LogP contribution in [0.5, 0.6) is 0 Å². The Kier molecular flexibility index (Phi) is 5.64. The van der Waals surface area contributed by atoms with Crippen LogP contribution in [-0.4, -0.2) is 31.4 Å². The second-order valence-electron chi connectivity index (χ2n) is 4.79. The van der Waals surface area contributed by atoms with Gasteiger partial charge < -0.3 is 21.1 Å². The van der Waals surface area contributed by atoms with Gasteiger partial charge in [0.1, 0.15) is 0 Å². The lowest BCUT2D eigenvalue weighted by Gasteiger charge is -2.12. The molecule has 0 saturated heterocycles. The minimum Gasteiger partial charge on any atom is -0.465 e. The number of nitrogens with two attached hydrogens (primary N) is 1. The molecule has 124 valence electrons. The van der Waals surface area contributed by atoms with E-state index in [1.54, 1.807) is 48.5 Å². The molecule has 4 N–H and O–H groups in total. The van der Waals surface area contributed by atoms with Crippen LogP contribution in [0.4, 0.5) is 11.4 Å². The van der Waals surface area contributed by atoms with E-state index in [4.69, 9.17) is 10.5 Å². The molecular weight excluding hydrogens is 310 g/mol. The number of nitrogens with one attached hydrogen (secondary N) is 2. The molecule has 0 fully saturated rings. The van der Waals surface area contributed by atoms with Crippen LogP contribution in [-0.2, 0) is 9.53 Å². The molecule has 0 bridgehead atoms. The molecule has 2 aromatic carbocycles. The van der Waals surface area contributed by atoms with Gasteiger partial charge in [0.05, 0.1) is 36.2 Å². The zero-order chi connectivity index (χ0) is 17.5. The Bertz CT molecular complexity index is 774. The molecule has 24 heavy (non-hydrogen) atoms. The SMILES string of the molecule is COC(=O)c1ccccc1NC(=O)c1ccccc1NC(=O)CN. The van der Waals surface area contributed by atoms with Gasteiger partial charge in [0.25, 0.3) is 5.91 Å². The third-order valence-corrected chi connectivity index (χ3v) is 3.21. The maximum atomic E-state index is 12.5. The minimum atomic E-state index is -0.560. The van der Waals surface area contributed by atoms with E-state index in [0.29, 0.717) is 11.4 Å². The van der Waals surface area contributed by atoms with Crippen molar-refractivity contribution in [3.8, 4) is 0 Å². The Morgan fingerprint density at radius 1 is 0.917 bits per heavy atom. The van der Waals surface area contributed by atoms with E-state index in [9.17, 15) is 14.4 Å². The highest BCUT2D eigenvalue weighted by molar-refractivity contribution is 6.12. The zero-order valence-electron chi connectivity index (χ0n) is 13.0. The second kappa shape index (κ2) is 7.89. The smallest absolute Gasteiger partial charge is 0.339 e. The summed E-state index contributed by atoms with van der Waals surface area (Å²) >= 11 is 0. The lowest BCUT2D eigenvalue weighted by atomic mass is 10.1. The van der Waals surface area contributed by atoms with Crippen molar-refractivity contribution in [3.63, 3.8) is 0 Å². The van der Waals surface area contributed by atoms with Crippen molar-refractivity contribution in [1.82, 2.24) is 0 Å². The fourth-order valence-electron chi connectivity index (χ4n) is 2.06. The van der Waals surface area contributed by atoms with E-state index in [2.05, 4.69) is 10.6 Å². The van der Waals surface area contributed by atoms with Crippen LogP contribution in [0.25, 0.3) is 0 Å². The Hall–Kier alpha value is -3.19. The van der Waals surface area contributed by atoms with Crippen LogP contribution in [0.3, 0.4) is 0 Å². The van der Waals surface area contributed by atoms with Crippen molar-refractivity contribution in [3.05, 3.63) is 59.7 Å². The first-order valence-corrected chi connectivity index (χ1v) is 7.14. The average Bonchev–Trinajstić information content (AvgIpc) is 2.61. The molecule has 0 aromatic heterocycles. The van der Waals surface area contributed by atoms with Crippen LogP contribution in [0.2, 0.25) is 0 Å². The molecule has 7 nitrogen and oxygen atoms in total. The van der Waals surface area contributed by atoms with Crippen molar-refractivity contribution in [1.29, 1.82) is 0 Å². The monoisotopic (exact) mass is 327 g/mol. The summed E-state index contributed by atoms with van der Waals surface area (Å²) < 4.78 is 4.69. The zero-order valence-corrected chi connectivity index (χ0v) is 13.0. The quantitative estimate of drug-likeness (QED) is 0.723. The summed E-state index contributed by atoms with van der Waals surface area (Å²) in [4.78, 5) is 35.7. The van der Waals surface area contributed by atoms with Crippen molar-refractivity contribution in [2.24, 2.45) is 5.73 Å². The van der Waals surface area contributed by atoms with Crippen LogP contribution < -0.4 is 16.4 Å². The first kappa shape index (κ1) is 17.2. The first-order valence-electron chi connectivity index (χ1n) is 7.14. The summed E-state index contributed by atoms with van der Waals surface area (Å²) in [7, 11) is 1.26. The molecular formula is C17H17N3O4. The largest absolute Gasteiger partial charge is 0.465 e. The van der Waals surface area contributed by atoms with Gasteiger partial charge in [-0.05, 0) is 24.3 Å². The fraction of sp³-hybridized carbons (Fsp3) is 0.118. The molecule has 2 rings (SSSR count). The number of esters is 1. The number of carbonyl (C=O) groups is 3. The van der Waals surface area contributed by atoms with Gasteiger partial charge in [0.2, 0.25) is 5.91 Å². The molecule has 0 aliphatic rings. The van der Waals surface area contributed by atoms with Crippen molar-refractivity contribution in [2.45, 2.75) is 0 Å². The number of hydrogen-bond acceptors (Lipinski definition) is 5. The predicted octanol–water partition coefficient (Wildman–Crippen LogP) is 1.62. The molecule has 0 radical (unpaired) electrons. The highest BCUT2D eigenvalue weighted by atomic mass is 16.5. The number of benzene rings is 2. The van der Waals surface area contributed by atoms with Crippen LogP contribution in [0, 0.1) is 0 Å². The van der Waals surface area contributed by atoms with Gasteiger partial charge >= 0.3 is 5.97 Å². The van der Waals surface area contributed by atoms with Gasteiger partial charge in [0.15, 0.2) is 0 Å². The second-order valence-corrected chi connectivity index (χ2v) is 4.79. The van der Waals surface area contributed by atoms with Crippen LogP contribution in [0.15, 0.2) is 48.5 Å². The van der Waals surface area contributed by atoms with Crippen molar-refractivity contribution in [2.75, 3.05) is 24.3 Å². The number of carbonyl (C=O) groups excluding carboxylic acids is 3. The van der Waals surface area contributed by atoms with Gasteiger partial charge in [-0.2, -0.15) is 0 Å². The van der Waals surface area contributed by atoms with Gasteiger partial charge in [-0.3, -0.25) is 9.59 Å². The third-order valence-electron chi connectivity index (χ3n) is 3.21. The number of rotatable bonds is 5. The Morgan fingerprint density at radius 2 is 1.46 bits per heavy atom. The van der Waals surface area contributed by atoms with Crippen molar-refractivity contribution < 1.29 is 19.1 Å². The topological polar surface area (TPSA) is 111 Å². The van der Waals surface area contributed by atoms with Crippen LogP contribution in [0.1, 0.15) is 20.7 Å². The molecule has 0 aliphatic heterocycles. The number of hydrogen-bond donors (Lipinski definition) is 3. The molecule has 0 saturated carbocycles. The van der Waals surface area contributed by atoms with E-state index in [-0.39, 0.29) is 17.7 Å². The summed E-state index contributed by atoms with van der Waals surface area (Å²) in [6.07, 6.45) is 0. The Balaban J connectivity index is 2.29. The first-order chi connectivity index (χ1) is 11.6. The lowest BCUT2D eigenvalue weighted by molar-refractivity contribution is -0.114. The Labute approximate surface area is 138 Å². The minimum absolute atomic E-state index is 0.193. The number of ether oxygens (including phenoxy) is 1. The predicted molar refractivity (Wildman–Crippen MR) is 89.9 cm³/mol. The lowest BCUT2D eigenvalue weighted by Crippen LogP contribution is -2.24. The molecule has 0 heterocycles. The maximum Gasteiger partial charge on any atom is 0.339 e. The molecule has 2 amide bonds. The number of methoxy groups -OCH3 is 1. The summed E-state index contributed by atoms with van der Waals surface area (Å²) in [6.45, 7) is -0.193. The number of anilines is 2. The summed E-state index contributed by atoms with van der Waals surface area (Å²) in [5.74, 6) is -1.44. The van der Waals surface area contributed by atoms with Gasteiger partial charge in [-0.15, -0.1) is 0 Å². The van der Waals surface area contributed by atoms with E-state index >= 15 is 0 Å². The molecule has 2 aromatic rings. The molecule has 7 heteroatoms. The summed E-state index contributed by atoms with van der Waals surface area (Å²) in [5.41, 5.74) is 6.40. The van der Waals surface area contributed by atoms with Gasteiger partial charge in [-0.25, -0.2) is 4.79 Å². The average molecular weight is 327 g/mol. The molecule has 0 atom stereocenters. The number of amides is 2. The maximum absolute atomic E-state index is 12.5. The van der Waals surface area contributed by atoms with Gasteiger partial charge in [0, 0.05) is 0 Å².